The van der Waals surface area contributed by atoms with E-state index in [2.05, 4.69) is 18.7 Å². The van der Waals surface area contributed by atoms with E-state index in [4.69, 9.17) is 13.9 Å². The van der Waals surface area contributed by atoms with Crippen LogP contribution in [-0.4, -0.2) is 60.6 Å². The van der Waals surface area contributed by atoms with Crippen LogP contribution in [0.2, 0.25) is 0 Å². The number of carbonyl (C=O) groups excluding carboxylic acids is 1. The number of piperidine rings is 1. The van der Waals surface area contributed by atoms with Crippen LogP contribution in [0.25, 0.3) is 11.0 Å². The Hall–Kier alpha value is -2.83. The maximum atomic E-state index is 13.5. The number of amides is 1. The van der Waals surface area contributed by atoms with Crippen molar-refractivity contribution in [1.82, 2.24) is 9.80 Å². The smallest absolute Gasteiger partial charge is 0.290 e. The molecule has 2 aromatic carbocycles. The van der Waals surface area contributed by atoms with Crippen LogP contribution in [-0.2, 0) is 11.3 Å². The molecule has 0 spiro atoms. The predicted octanol–water partition coefficient (Wildman–Crippen LogP) is 4.97. The second kappa shape index (κ2) is 10.2. The molecule has 5 rings (SSSR count). The van der Waals surface area contributed by atoms with Gasteiger partial charge in [-0.05, 0) is 50.8 Å². The van der Waals surface area contributed by atoms with Gasteiger partial charge >= 0.3 is 0 Å². The molecule has 2 saturated heterocycles. The van der Waals surface area contributed by atoms with E-state index in [-0.39, 0.29) is 18.1 Å². The fourth-order valence-corrected chi connectivity index (χ4v) is 5.35. The van der Waals surface area contributed by atoms with E-state index in [1.165, 1.54) is 0 Å². The molecule has 1 aromatic heterocycles. The Morgan fingerprint density at radius 3 is 2.38 bits per heavy atom. The number of morpholine rings is 1. The zero-order valence-corrected chi connectivity index (χ0v) is 20.1. The molecule has 2 unspecified atom stereocenters. The first kappa shape index (κ1) is 22.9. The molecule has 0 aliphatic carbocycles. The third-order valence-electron chi connectivity index (χ3n) is 6.93. The average Bonchev–Trinajstić information content (AvgIpc) is 3.21. The van der Waals surface area contributed by atoms with Crippen molar-refractivity contribution < 1.29 is 18.7 Å². The monoisotopic (exact) mass is 462 g/mol. The van der Waals surface area contributed by atoms with Gasteiger partial charge in [-0.3, -0.25) is 9.69 Å². The Bertz CT molecular complexity index is 1090. The summed E-state index contributed by atoms with van der Waals surface area (Å²) in [5, 5.41) is 0.937. The van der Waals surface area contributed by atoms with Crippen molar-refractivity contribution in [3.05, 3.63) is 65.9 Å². The van der Waals surface area contributed by atoms with Crippen molar-refractivity contribution in [1.29, 1.82) is 0 Å². The van der Waals surface area contributed by atoms with Crippen molar-refractivity contribution >= 4 is 16.9 Å². The second-order valence-corrected chi connectivity index (χ2v) is 9.72. The van der Waals surface area contributed by atoms with Gasteiger partial charge in [0, 0.05) is 43.7 Å². The fraction of sp³-hybridized carbons (Fsp3) is 0.464. The molecular formula is C28H34N2O4. The van der Waals surface area contributed by atoms with E-state index in [9.17, 15) is 4.79 Å². The zero-order valence-electron chi connectivity index (χ0n) is 20.1. The van der Waals surface area contributed by atoms with Gasteiger partial charge in [0.05, 0.1) is 12.2 Å². The van der Waals surface area contributed by atoms with Crippen LogP contribution in [0.4, 0.5) is 0 Å². The number of rotatable bonds is 6. The summed E-state index contributed by atoms with van der Waals surface area (Å²) in [4.78, 5) is 18.0. The quantitative estimate of drug-likeness (QED) is 0.518. The number of benzene rings is 2. The Morgan fingerprint density at radius 1 is 0.971 bits per heavy atom. The van der Waals surface area contributed by atoms with E-state index in [0.717, 1.165) is 67.8 Å². The van der Waals surface area contributed by atoms with Gasteiger partial charge in [-0.2, -0.15) is 0 Å². The molecule has 2 atom stereocenters. The highest BCUT2D eigenvalue weighted by molar-refractivity contribution is 5.99. The Balaban J connectivity index is 1.25. The maximum absolute atomic E-state index is 13.5. The molecule has 2 aliphatic rings. The third-order valence-corrected chi connectivity index (χ3v) is 6.93. The highest BCUT2D eigenvalue weighted by Crippen LogP contribution is 2.30. The van der Waals surface area contributed by atoms with Crippen LogP contribution < -0.4 is 4.74 Å². The number of hydrogen-bond donors (Lipinski definition) is 0. The van der Waals surface area contributed by atoms with Crippen LogP contribution in [0.15, 0.2) is 59.0 Å². The van der Waals surface area contributed by atoms with Gasteiger partial charge in [-0.25, -0.2) is 0 Å². The first-order chi connectivity index (χ1) is 16.6. The van der Waals surface area contributed by atoms with E-state index in [1.807, 2.05) is 59.5 Å². The maximum Gasteiger partial charge on any atom is 0.290 e. The lowest BCUT2D eigenvalue weighted by Gasteiger charge is -2.39. The highest BCUT2D eigenvalue weighted by atomic mass is 16.5. The number of fused-ring (bicyclic) bond motifs is 1. The molecule has 0 bridgehead atoms. The highest BCUT2D eigenvalue weighted by Gasteiger charge is 2.31. The van der Waals surface area contributed by atoms with Gasteiger partial charge < -0.3 is 18.8 Å². The van der Waals surface area contributed by atoms with E-state index in [1.54, 1.807) is 0 Å². The molecule has 6 nitrogen and oxygen atoms in total. The average molecular weight is 463 g/mol. The van der Waals surface area contributed by atoms with Gasteiger partial charge in [0.15, 0.2) is 5.76 Å². The van der Waals surface area contributed by atoms with Crippen molar-refractivity contribution in [3.8, 4) is 5.75 Å². The molecule has 2 fully saturated rings. The Labute approximate surface area is 201 Å². The van der Waals surface area contributed by atoms with Crippen LogP contribution in [0.1, 0.15) is 42.8 Å². The topological polar surface area (TPSA) is 55.2 Å². The molecule has 180 valence electrons. The second-order valence-electron chi connectivity index (χ2n) is 9.72. The standard InChI is InChI=1S/C28H34N2O4/c1-20-16-29(17-21(2)33-20)18-22-12-14-30(15-13-22)28(31)27-25(19-32-23-8-4-3-5-9-23)24-10-6-7-11-26(24)34-27/h3-11,20-22H,12-19H2,1-2H3. The molecule has 0 radical (unpaired) electrons. The number of furan rings is 1. The molecule has 0 saturated carbocycles. The minimum atomic E-state index is -0.0325. The van der Waals surface area contributed by atoms with Crippen LogP contribution in [0.5, 0.6) is 5.75 Å². The lowest BCUT2D eigenvalue weighted by Crippen LogP contribution is -2.48. The molecule has 1 amide bonds. The minimum Gasteiger partial charge on any atom is -0.489 e. The summed E-state index contributed by atoms with van der Waals surface area (Å²) in [6.45, 7) is 9.18. The van der Waals surface area contributed by atoms with Crippen molar-refractivity contribution in [2.75, 3.05) is 32.7 Å². The summed E-state index contributed by atoms with van der Waals surface area (Å²) in [6, 6.07) is 17.5. The lowest BCUT2D eigenvalue weighted by atomic mass is 9.95. The van der Waals surface area contributed by atoms with E-state index < -0.39 is 0 Å². The van der Waals surface area contributed by atoms with Crippen LogP contribution in [0, 0.1) is 5.92 Å². The van der Waals surface area contributed by atoms with Gasteiger partial charge in [0.25, 0.3) is 5.91 Å². The molecule has 3 aromatic rings. The number of nitrogens with zero attached hydrogens (tertiary/aromatic N) is 2. The number of ether oxygens (including phenoxy) is 2. The predicted molar refractivity (Wildman–Crippen MR) is 132 cm³/mol. The normalized spacial score (nSPS) is 22.2. The summed E-state index contributed by atoms with van der Waals surface area (Å²) in [5.74, 6) is 1.76. The third kappa shape index (κ3) is 5.13. The number of carbonyl (C=O) groups is 1. The molecule has 34 heavy (non-hydrogen) atoms. The molecular weight excluding hydrogens is 428 g/mol. The van der Waals surface area contributed by atoms with Crippen molar-refractivity contribution in [3.63, 3.8) is 0 Å². The first-order valence-corrected chi connectivity index (χ1v) is 12.4. The summed E-state index contributed by atoms with van der Waals surface area (Å²) in [5.41, 5.74) is 1.55. The number of likely N-dealkylation sites (tertiary alicyclic amines) is 1. The summed E-state index contributed by atoms with van der Waals surface area (Å²) in [7, 11) is 0. The van der Waals surface area contributed by atoms with E-state index >= 15 is 0 Å². The zero-order chi connectivity index (χ0) is 23.5. The SMILES string of the molecule is CC1CN(CC2CCN(C(=O)c3oc4ccccc4c3COc3ccccc3)CC2)CC(C)O1. The molecule has 0 N–H and O–H groups in total. The minimum absolute atomic E-state index is 0.0325. The summed E-state index contributed by atoms with van der Waals surface area (Å²) in [6.07, 6.45) is 2.61. The van der Waals surface area contributed by atoms with Crippen LogP contribution >= 0.6 is 0 Å². The molecule has 3 heterocycles. The van der Waals surface area contributed by atoms with Crippen LogP contribution in [0.3, 0.4) is 0 Å². The van der Waals surface area contributed by atoms with Gasteiger partial charge in [0.2, 0.25) is 0 Å². The van der Waals surface area contributed by atoms with Gasteiger partial charge in [-0.1, -0.05) is 36.4 Å². The summed E-state index contributed by atoms with van der Waals surface area (Å²) < 4.78 is 18.0. The first-order valence-electron chi connectivity index (χ1n) is 12.4. The fourth-order valence-electron chi connectivity index (χ4n) is 5.35. The van der Waals surface area contributed by atoms with Crippen molar-refractivity contribution in [2.45, 2.75) is 45.5 Å². The van der Waals surface area contributed by atoms with Gasteiger partial charge in [0.1, 0.15) is 17.9 Å². The molecule has 2 aliphatic heterocycles. The number of para-hydroxylation sites is 2. The summed E-state index contributed by atoms with van der Waals surface area (Å²) >= 11 is 0. The number of hydrogen-bond acceptors (Lipinski definition) is 5. The van der Waals surface area contributed by atoms with E-state index in [0.29, 0.717) is 18.3 Å². The largest absolute Gasteiger partial charge is 0.489 e. The van der Waals surface area contributed by atoms with Gasteiger partial charge in [-0.15, -0.1) is 0 Å². The molecule has 6 heteroatoms. The Morgan fingerprint density at radius 2 is 1.65 bits per heavy atom. The Kier molecular flexibility index (Phi) is 6.88. The lowest BCUT2D eigenvalue weighted by molar-refractivity contribution is -0.0729. The van der Waals surface area contributed by atoms with Crippen molar-refractivity contribution in [2.24, 2.45) is 5.92 Å².